The van der Waals surface area contributed by atoms with Crippen LogP contribution in [0.15, 0.2) is 97.1 Å². The molecular formula is C33H31NO5. The molecule has 1 heterocycles. The second kappa shape index (κ2) is 11.8. The number of aromatic nitrogens is 1. The SMILES string of the molecule is CCOC(=O)c1cc(-c2ccccc2)n(-c2ccc(/C=C/C(=O)OC(C)(C)C)cc2)c1C(=O)c1ccccc1. The maximum Gasteiger partial charge on any atom is 0.340 e. The van der Waals surface area contributed by atoms with E-state index in [0.717, 1.165) is 11.1 Å². The van der Waals surface area contributed by atoms with Gasteiger partial charge in [0.2, 0.25) is 5.78 Å². The Balaban J connectivity index is 1.85. The molecule has 6 heteroatoms. The molecule has 0 aliphatic rings. The number of rotatable bonds is 8. The highest BCUT2D eigenvalue weighted by Crippen LogP contribution is 2.32. The predicted molar refractivity (Wildman–Crippen MR) is 152 cm³/mol. The summed E-state index contributed by atoms with van der Waals surface area (Å²) in [5, 5.41) is 0. The van der Waals surface area contributed by atoms with E-state index in [-0.39, 0.29) is 23.6 Å². The molecule has 0 atom stereocenters. The zero-order valence-electron chi connectivity index (χ0n) is 22.5. The van der Waals surface area contributed by atoms with Crippen LogP contribution in [0.5, 0.6) is 0 Å². The lowest BCUT2D eigenvalue weighted by Gasteiger charge is -2.17. The van der Waals surface area contributed by atoms with Crippen LogP contribution < -0.4 is 0 Å². The van der Waals surface area contributed by atoms with Crippen molar-refractivity contribution in [2.24, 2.45) is 0 Å². The van der Waals surface area contributed by atoms with Gasteiger partial charge in [-0.3, -0.25) is 4.79 Å². The summed E-state index contributed by atoms with van der Waals surface area (Å²) in [5.41, 5.74) is 3.26. The van der Waals surface area contributed by atoms with E-state index in [2.05, 4.69) is 0 Å². The van der Waals surface area contributed by atoms with E-state index in [0.29, 0.717) is 16.9 Å². The summed E-state index contributed by atoms with van der Waals surface area (Å²) in [6.07, 6.45) is 3.06. The molecule has 0 N–H and O–H groups in total. The van der Waals surface area contributed by atoms with Gasteiger partial charge in [0.15, 0.2) is 0 Å². The normalized spacial score (nSPS) is 11.4. The topological polar surface area (TPSA) is 74.6 Å². The molecular weight excluding hydrogens is 490 g/mol. The lowest BCUT2D eigenvalue weighted by molar-refractivity contribution is -0.148. The molecule has 3 aromatic carbocycles. The van der Waals surface area contributed by atoms with Crippen molar-refractivity contribution in [1.82, 2.24) is 4.57 Å². The molecule has 0 aliphatic heterocycles. The summed E-state index contributed by atoms with van der Waals surface area (Å²) in [6, 6.07) is 27.5. The molecule has 198 valence electrons. The molecule has 0 saturated carbocycles. The van der Waals surface area contributed by atoms with Crippen LogP contribution in [0.4, 0.5) is 0 Å². The number of hydrogen-bond acceptors (Lipinski definition) is 5. The second-order valence-corrected chi connectivity index (χ2v) is 9.87. The predicted octanol–water partition coefficient (Wildman–Crippen LogP) is 6.91. The number of ketones is 1. The van der Waals surface area contributed by atoms with Crippen molar-refractivity contribution in [1.29, 1.82) is 0 Å². The van der Waals surface area contributed by atoms with Crippen molar-refractivity contribution < 1.29 is 23.9 Å². The minimum absolute atomic E-state index is 0.183. The van der Waals surface area contributed by atoms with Crippen LogP contribution >= 0.6 is 0 Å². The Morgan fingerprint density at radius 2 is 1.46 bits per heavy atom. The van der Waals surface area contributed by atoms with Gasteiger partial charge < -0.3 is 14.0 Å². The molecule has 4 aromatic rings. The Kier molecular flexibility index (Phi) is 8.25. The molecule has 0 unspecified atom stereocenters. The third kappa shape index (κ3) is 6.60. The first-order chi connectivity index (χ1) is 18.7. The number of hydrogen-bond donors (Lipinski definition) is 0. The number of benzene rings is 3. The molecule has 1 aromatic heterocycles. The van der Waals surface area contributed by atoms with Gasteiger partial charge >= 0.3 is 11.9 Å². The van der Waals surface area contributed by atoms with Gasteiger partial charge in [0, 0.05) is 17.3 Å². The standard InChI is InChI=1S/C33H31NO5/c1-5-38-32(37)27-22-28(24-12-8-6-9-13-24)34(30(27)31(36)25-14-10-7-11-15-25)26-19-16-23(17-20-26)18-21-29(35)39-33(2,3)4/h6-22H,5H2,1-4H3/b21-18+. The van der Waals surface area contributed by atoms with Crippen molar-refractivity contribution in [3.63, 3.8) is 0 Å². The number of ether oxygens (including phenoxy) is 2. The number of carbonyl (C=O) groups excluding carboxylic acids is 3. The third-order valence-corrected chi connectivity index (χ3v) is 5.79. The van der Waals surface area contributed by atoms with Gasteiger partial charge in [-0.05, 0) is 63.1 Å². The minimum atomic E-state index is -0.578. The maximum absolute atomic E-state index is 13.9. The van der Waals surface area contributed by atoms with Crippen LogP contribution in [0.2, 0.25) is 0 Å². The van der Waals surface area contributed by atoms with Crippen LogP contribution in [0.1, 0.15) is 59.7 Å². The fourth-order valence-corrected chi connectivity index (χ4v) is 4.15. The highest BCUT2D eigenvalue weighted by Gasteiger charge is 2.28. The quantitative estimate of drug-likeness (QED) is 0.143. The van der Waals surface area contributed by atoms with Crippen LogP contribution in [0, 0.1) is 0 Å². The smallest absolute Gasteiger partial charge is 0.340 e. The highest BCUT2D eigenvalue weighted by molar-refractivity contribution is 6.15. The Hall–Kier alpha value is -4.71. The van der Waals surface area contributed by atoms with Crippen molar-refractivity contribution in [2.75, 3.05) is 6.61 Å². The van der Waals surface area contributed by atoms with Gasteiger partial charge in [0.05, 0.1) is 17.9 Å². The van der Waals surface area contributed by atoms with E-state index in [9.17, 15) is 14.4 Å². The largest absolute Gasteiger partial charge is 0.462 e. The van der Waals surface area contributed by atoms with Gasteiger partial charge in [-0.2, -0.15) is 0 Å². The van der Waals surface area contributed by atoms with Gasteiger partial charge in [0.25, 0.3) is 0 Å². The average molecular weight is 522 g/mol. The second-order valence-electron chi connectivity index (χ2n) is 9.87. The van der Waals surface area contributed by atoms with E-state index in [4.69, 9.17) is 9.47 Å². The van der Waals surface area contributed by atoms with Gasteiger partial charge in [-0.1, -0.05) is 72.8 Å². The number of carbonyl (C=O) groups is 3. The molecule has 39 heavy (non-hydrogen) atoms. The van der Waals surface area contributed by atoms with Crippen LogP contribution in [-0.2, 0) is 14.3 Å². The van der Waals surface area contributed by atoms with Crippen molar-refractivity contribution in [3.05, 3.63) is 119 Å². The lowest BCUT2D eigenvalue weighted by Crippen LogP contribution is -2.22. The summed E-state index contributed by atoms with van der Waals surface area (Å²) in [5.74, 6) is -1.29. The fourth-order valence-electron chi connectivity index (χ4n) is 4.15. The fraction of sp³-hybridized carbons (Fsp3) is 0.182. The zero-order valence-corrected chi connectivity index (χ0v) is 22.5. The first-order valence-corrected chi connectivity index (χ1v) is 12.8. The molecule has 0 bridgehead atoms. The number of nitrogens with zero attached hydrogens (tertiary/aromatic N) is 1. The molecule has 0 saturated heterocycles. The maximum atomic E-state index is 13.9. The van der Waals surface area contributed by atoms with E-state index in [1.54, 1.807) is 47.9 Å². The highest BCUT2D eigenvalue weighted by atomic mass is 16.6. The Morgan fingerprint density at radius 1 is 0.846 bits per heavy atom. The van der Waals surface area contributed by atoms with Crippen molar-refractivity contribution >= 4 is 23.8 Å². The van der Waals surface area contributed by atoms with Crippen molar-refractivity contribution in [3.8, 4) is 16.9 Å². The third-order valence-electron chi connectivity index (χ3n) is 5.79. The Bertz CT molecular complexity index is 1490. The van der Waals surface area contributed by atoms with E-state index < -0.39 is 17.5 Å². The van der Waals surface area contributed by atoms with Crippen LogP contribution in [0.3, 0.4) is 0 Å². The number of esters is 2. The minimum Gasteiger partial charge on any atom is -0.462 e. The monoisotopic (exact) mass is 521 g/mol. The summed E-state index contributed by atoms with van der Waals surface area (Å²) in [4.78, 5) is 39.1. The summed E-state index contributed by atoms with van der Waals surface area (Å²) < 4.78 is 12.5. The molecule has 6 nitrogen and oxygen atoms in total. The first-order valence-electron chi connectivity index (χ1n) is 12.8. The molecule has 0 aliphatic carbocycles. The van der Waals surface area contributed by atoms with Gasteiger partial charge in [-0.15, -0.1) is 0 Å². The van der Waals surface area contributed by atoms with E-state index >= 15 is 0 Å². The summed E-state index contributed by atoms with van der Waals surface area (Å²) in [7, 11) is 0. The molecule has 0 radical (unpaired) electrons. The van der Waals surface area contributed by atoms with Crippen LogP contribution in [-0.4, -0.2) is 34.5 Å². The lowest BCUT2D eigenvalue weighted by atomic mass is 10.0. The Labute approximate surface area is 228 Å². The van der Waals surface area contributed by atoms with E-state index in [1.165, 1.54) is 6.08 Å². The van der Waals surface area contributed by atoms with Gasteiger partial charge in [-0.25, -0.2) is 9.59 Å². The van der Waals surface area contributed by atoms with Crippen LogP contribution in [0.25, 0.3) is 23.0 Å². The molecule has 0 amide bonds. The zero-order chi connectivity index (χ0) is 28.0. The Morgan fingerprint density at radius 3 is 2.05 bits per heavy atom. The van der Waals surface area contributed by atoms with Gasteiger partial charge in [0.1, 0.15) is 11.3 Å². The summed E-state index contributed by atoms with van der Waals surface area (Å²) >= 11 is 0. The molecule has 0 fully saturated rings. The average Bonchev–Trinajstić information content (AvgIpc) is 3.33. The van der Waals surface area contributed by atoms with E-state index in [1.807, 2.05) is 81.4 Å². The first kappa shape index (κ1) is 27.3. The molecule has 0 spiro atoms. The summed E-state index contributed by atoms with van der Waals surface area (Å²) in [6.45, 7) is 7.35. The van der Waals surface area contributed by atoms with Crippen molar-refractivity contribution in [2.45, 2.75) is 33.3 Å². The molecule has 4 rings (SSSR count).